The highest BCUT2D eigenvalue weighted by molar-refractivity contribution is 5.81. The molecule has 3 heterocycles. The lowest BCUT2D eigenvalue weighted by Crippen LogP contribution is -2.27. The number of rotatable bonds is 6. The maximum Gasteiger partial charge on any atom is 0.330 e. The van der Waals surface area contributed by atoms with E-state index in [2.05, 4.69) is 31.8 Å². The van der Waals surface area contributed by atoms with Gasteiger partial charge >= 0.3 is 5.69 Å². The van der Waals surface area contributed by atoms with Crippen molar-refractivity contribution >= 4 is 22.5 Å². The lowest BCUT2D eigenvalue weighted by molar-refractivity contribution is -0.119. The van der Waals surface area contributed by atoms with Crippen molar-refractivity contribution in [1.82, 2.24) is 19.1 Å². The molecule has 0 aliphatic heterocycles. The van der Waals surface area contributed by atoms with Gasteiger partial charge in [-0.2, -0.15) is 0 Å². The summed E-state index contributed by atoms with van der Waals surface area (Å²) in [6, 6.07) is 7.87. The fourth-order valence-electron chi connectivity index (χ4n) is 4.51. The molecule has 0 saturated carbocycles. The molecule has 3 aromatic heterocycles. The molecule has 0 amide bonds. The molecule has 6 heteroatoms. The summed E-state index contributed by atoms with van der Waals surface area (Å²) in [6.45, 7) is 7.04. The average Bonchev–Trinajstić information content (AvgIpc) is 2.98. The Hall–Kier alpha value is -3.02. The van der Waals surface area contributed by atoms with Crippen LogP contribution in [0, 0.1) is 11.3 Å². The third kappa shape index (κ3) is 4.90. The van der Waals surface area contributed by atoms with E-state index in [4.69, 9.17) is 4.98 Å². The Morgan fingerprint density at radius 1 is 1.22 bits per heavy atom. The van der Waals surface area contributed by atoms with Crippen LogP contribution in [0.3, 0.4) is 0 Å². The van der Waals surface area contributed by atoms with Crippen LogP contribution in [-0.4, -0.2) is 24.9 Å². The molecule has 0 bridgehead atoms. The van der Waals surface area contributed by atoms with Gasteiger partial charge in [-0.1, -0.05) is 32.9 Å². The summed E-state index contributed by atoms with van der Waals surface area (Å²) in [4.78, 5) is 34.2. The predicted octanol–water partition coefficient (Wildman–Crippen LogP) is 4.56. The Kier molecular flexibility index (Phi) is 6.13. The van der Waals surface area contributed by atoms with E-state index < -0.39 is 0 Å². The Morgan fingerprint density at radius 3 is 2.69 bits per heavy atom. The van der Waals surface area contributed by atoms with E-state index in [1.165, 1.54) is 5.57 Å². The molecule has 0 N–H and O–H groups in total. The first-order valence-corrected chi connectivity index (χ1v) is 11.4. The van der Waals surface area contributed by atoms with E-state index in [0.29, 0.717) is 25.3 Å². The Labute approximate surface area is 189 Å². The van der Waals surface area contributed by atoms with E-state index in [1.807, 2.05) is 28.8 Å². The second-order valence-corrected chi connectivity index (χ2v) is 10.2. The van der Waals surface area contributed by atoms with Crippen LogP contribution in [0.2, 0.25) is 0 Å². The van der Waals surface area contributed by atoms with Crippen LogP contribution in [0.15, 0.2) is 47.5 Å². The minimum absolute atomic E-state index is 0.00610. The van der Waals surface area contributed by atoms with Crippen molar-refractivity contribution in [3.63, 3.8) is 0 Å². The zero-order valence-electron chi connectivity index (χ0n) is 19.5. The Bertz CT molecular complexity index is 1210. The Morgan fingerprint density at radius 2 is 2.03 bits per heavy atom. The second kappa shape index (κ2) is 8.85. The summed E-state index contributed by atoms with van der Waals surface area (Å²) in [7, 11) is 1.79. The first kappa shape index (κ1) is 22.2. The van der Waals surface area contributed by atoms with Gasteiger partial charge in [0.05, 0.1) is 11.2 Å². The van der Waals surface area contributed by atoms with Gasteiger partial charge in [-0.05, 0) is 59.9 Å². The van der Waals surface area contributed by atoms with Gasteiger partial charge in [-0.3, -0.25) is 18.9 Å². The molecule has 4 rings (SSSR count). The number of carbonyl (C=O) groups is 1. The van der Waals surface area contributed by atoms with Crippen molar-refractivity contribution in [2.45, 2.75) is 59.4 Å². The zero-order chi connectivity index (χ0) is 22.9. The number of carbonyl (C=O) groups excluding carboxylic acids is 1. The van der Waals surface area contributed by atoms with Gasteiger partial charge in [0, 0.05) is 38.8 Å². The lowest BCUT2D eigenvalue weighted by Gasteiger charge is -2.21. The number of aryl methyl sites for hydroxylation is 1. The van der Waals surface area contributed by atoms with Crippen molar-refractivity contribution < 1.29 is 4.79 Å². The van der Waals surface area contributed by atoms with Gasteiger partial charge in [0.25, 0.3) is 0 Å². The number of imidazole rings is 1. The van der Waals surface area contributed by atoms with Gasteiger partial charge in [-0.15, -0.1) is 0 Å². The fourth-order valence-corrected chi connectivity index (χ4v) is 4.51. The average molecular weight is 433 g/mol. The van der Waals surface area contributed by atoms with Crippen LogP contribution >= 0.6 is 0 Å². The molecule has 168 valence electrons. The number of pyridine rings is 2. The van der Waals surface area contributed by atoms with E-state index in [-0.39, 0.29) is 16.9 Å². The largest absolute Gasteiger partial charge is 0.330 e. The predicted molar refractivity (Wildman–Crippen MR) is 127 cm³/mol. The van der Waals surface area contributed by atoms with Gasteiger partial charge in [0.2, 0.25) is 0 Å². The molecule has 0 spiro atoms. The molecule has 3 aromatic rings. The molecular formula is C26H32N4O2. The van der Waals surface area contributed by atoms with Gasteiger partial charge in [-0.25, -0.2) is 9.78 Å². The Balaban J connectivity index is 1.47. The fraction of sp³-hybridized carbons (Fsp3) is 0.462. The number of nitrogens with zero attached hydrogens (tertiary/aromatic N) is 4. The monoisotopic (exact) mass is 432 g/mol. The SMILES string of the molecule is Cn1c(=O)n(CC(C)(C)C)c2ccc(C3=CCC(CC(=O)Cc4cccnc4)CC3)nc21. The van der Waals surface area contributed by atoms with Crippen molar-refractivity contribution in [3.05, 3.63) is 64.5 Å². The maximum atomic E-state index is 12.8. The smallest absolute Gasteiger partial charge is 0.299 e. The third-order valence-electron chi connectivity index (χ3n) is 6.10. The quantitative estimate of drug-likeness (QED) is 0.572. The number of hydrogen-bond acceptors (Lipinski definition) is 4. The van der Waals surface area contributed by atoms with Crippen molar-refractivity contribution in [3.8, 4) is 0 Å². The van der Waals surface area contributed by atoms with Crippen LogP contribution in [-0.2, 0) is 24.8 Å². The van der Waals surface area contributed by atoms with E-state index in [1.54, 1.807) is 24.0 Å². The summed E-state index contributed by atoms with van der Waals surface area (Å²) in [5.74, 6) is 0.651. The number of hydrogen-bond donors (Lipinski definition) is 0. The highest BCUT2D eigenvalue weighted by Crippen LogP contribution is 2.32. The molecule has 1 atom stereocenters. The molecule has 1 unspecified atom stereocenters. The van der Waals surface area contributed by atoms with Crippen LogP contribution in [0.1, 0.15) is 57.7 Å². The number of allylic oxidation sites excluding steroid dienone is 2. The topological polar surface area (TPSA) is 69.8 Å². The van der Waals surface area contributed by atoms with Gasteiger partial charge < -0.3 is 0 Å². The van der Waals surface area contributed by atoms with Gasteiger partial charge in [0.1, 0.15) is 5.78 Å². The molecule has 0 saturated heterocycles. The number of fused-ring (bicyclic) bond motifs is 1. The second-order valence-electron chi connectivity index (χ2n) is 10.2. The summed E-state index contributed by atoms with van der Waals surface area (Å²) in [6.07, 6.45) is 9.55. The summed E-state index contributed by atoms with van der Waals surface area (Å²) >= 11 is 0. The number of Topliss-reactive ketones (excluding diaryl/α,β-unsaturated/α-hetero) is 1. The molecule has 6 nitrogen and oxygen atoms in total. The van der Waals surface area contributed by atoms with E-state index in [0.717, 1.165) is 41.7 Å². The molecular weight excluding hydrogens is 400 g/mol. The maximum absolute atomic E-state index is 12.8. The van der Waals surface area contributed by atoms with Crippen molar-refractivity contribution in [2.24, 2.45) is 18.4 Å². The van der Waals surface area contributed by atoms with Crippen LogP contribution < -0.4 is 5.69 Å². The van der Waals surface area contributed by atoms with Gasteiger partial charge in [0.15, 0.2) is 5.65 Å². The van der Waals surface area contributed by atoms with Crippen LogP contribution in [0.25, 0.3) is 16.7 Å². The highest BCUT2D eigenvalue weighted by atomic mass is 16.1. The summed E-state index contributed by atoms with van der Waals surface area (Å²) < 4.78 is 3.47. The van der Waals surface area contributed by atoms with Crippen molar-refractivity contribution in [2.75, 3.05) is 0 Å². The lowest BCUT2D eigenvalue weighted by atomic mass is 9.84. The van der Waals surface area contributed by atoms with Crippen LogP contribution in [0.5, 0.6) is 0 Å². The van der Waals surface area contributed by atoms with Crippen LogP contribution in [0.4, 0.5) is 0 Å². The summed E-state index contributed by atoms with van der Waals surface area (Å²) in [5.41, 5.74) is 4.71. The minimum atomic E-state index is -0.0237. The van der Waals surface area contributed by atoms with E-state index >= 15 is 0 Å². The number of aromatic nitrogens is 4. The number of ketones is 1. The molecule has 1 aliphatic carbocycles. The van der Waals surface area contributed by atoms with Crippen molar-refractivity contribution in [1.29, 1.82) is 0 Å². The molecule has 32 heavy (non-hydrogen) atoms. The highest BCUT2D eigenvalue weighted by Gasteiger charge is 2.22. The first-order chi connectivity index (χ1) is 15.2. The molecule has 0 radical (unpaired) electrons. The summed E-state index contributed by atoms with van der Waals surface area (Å²) in [5, 5.41) is 0. The molecule has 1 aliphatic rings. The van der Waals surface area contributed by atoms with E-state index in [9.17, 15) is 9.59 Å². The minimum Gasteiger partial charge on any atom is -0.299 e. The normalized spacial score (nSPS) is 16.9. The molecule has 0 fully saturated rings. The molecule has 0 aromatic carbocycles. The first-order valence-electron chi connectivity index (χ1n) is 11.4. The standard InChI is InChI=1S/C26H32N4O2/c1-26(2,3)17-30-23-12-11-22(28-24(23)29(4)25(30)32)20-9-7-18(8-10-20)14-21(31)15-19-6-5-13-27-16-19/h5-6,9,11-13,16,18H,7-8,10,14-15,17H2,1-4H3. The third-order valence-corrected chi connectivity index (χ3v) is 6.10. The zero-order valence-corrected chi connectivity index (χ0v) is 19.5.